The van der Waals surface area contributed by atoms with Gasteiger partial charge in [0.1, 0.15) is 0 Å². The van der Waals surface area contributed by atoms with Crippen LogP contribution in [0, 0.1) is 5.92 Å². The van der Waals surface area contributed by atoms with Gasteiger partial charge >= 0.3 is 0 Å². The molecule has 18 heavy (non-hydrogen) atoms. The third-order valence-corrected chi connectivity index (χ3v) is 4.32. The molecule has 0 bridgehead atoms. The van der Waals surface area contributed by atoms with Crippen LogP contribution in [-0.2, 0) is 4.74 Å². The van der Waals surface area contributed by atoms with Crippen molar-refractivity contribution in [2.24, 2.45) is 5.92 Å². The average molecular weight is 255 g/mol. The topological polar surface area (TPSA) is 41.5 Å². The van der Waals surface area contributed by atoms with Crippen molar-refractivity contribution in [1.82, 2.24) is 5.32 Å². The molecular formula is C15H29NO2. The van der Waals surface area contributed by atoms with Gasteiger partial charge in [-0.25, -0.2) is 0 Å². The van der Waals surface area contributed by atoms with Crippen LogP contribution in [0.1, 0.15) is 58.8 Å². The van der Waals surface area contributed by atoms with Crippen molar-refractivity contribution in [3.8, 4) is 0 Å². The van der Waals surface area contributed by atoms with E-state index in [9.17, 15) is 5.11 Å². The van der Waals surface area contributed by atoms with Gasteiger partial charge in [-0.1, -0.05) is 26.7 Å². The quantitative estimate of drug-likeness (QED) is 0.766. The molecule has 2 aliphatic rings. The van der Waals surface area contributed by atoms with E-state index in [-0.39, 0.29) is 11.7 Å². The summed E-state index contributed by atoms with van der Waals surface area (Å²) in [5.74, 6) is 0.640. The summed E-state index contributed by atoms with van der Waals surface area (Å²) in [5.41, 5.74) is 0.204. The van der Waals surface area contributed by atoms with Crippen LogP contribution < -0.4 is 5.32 Å². The second kappa shape index (κ2) is 6.36. The summed E-state index contributed by atoms with van der Waals surface area (Å²) in [6.45, 7) is 6.05. The molecule has 106 valence electrons. The Hall–Kier alpha value is -0.120. The third-order valence-electron chi connectivity index (χ3n) is 4.32. The van der Waals surface area contributed by atoms with E-state index in [2.05, 4.69) is 19.2 Å². The van der Waals surface area contributed by atoms with Crippen LogP contribution in [0.5, 0.6) is 0 Å². The van der Waals surface area contributed by atoms with Crippen molar-refractivity contribution < 1.29 is 9.84 Å². The van der Waals surface area contributed by atoms with E-state index in [1.54, 1.807) is 0 Å². The fraction of sp³-hybridized carbons (Fsp3) is 1.00. The maximum Gasteiger partial charge on any atom is 0.0689 e. The van der Waals surface area contributed by atoms with Crippen molar-refractivity contribution in [2.75, 3.05) is 13.1 Å². The van der Waals surface area contributed by atoms with Crippen LogP contribution >= 0.6 is 0 Å². The second-order valence-electron chi connectivity index (χ2n) is 6.61. The fourth-order valence-electron chi connectivity index (χ4n) is 3.37. The van der Waals surface area contributed by atoms with Gasteiger partial charge in [-0.05, 0) is 38.1 Å². The van der Waals surface area contributed by atoms with Crippen LogP contribution in [0.15, 0.2) is 0 Å². The number of ether oxygens (including phenoxy) is 1. The first-order valence-corrected chi connectivity index (χ1v) is 7.66. The number of aliphatic hydroxyl groups is 1. The van der Waals surface area contributed by atoms with Gasteiger partial charge in [0, 0.05) is 13.0 Å². The summed E-state index contributed by atoms with van der Waals surface area (Å²) in [7, 11) is 0. The molecule has 1 aliphatic heterocycles. The summed E-state index contributed by atoms with van der Waals surface area (Å²) in [5, 5.41) is 13.3. The van der Waals surface area contributed by atoms with Crippen molar-refractivity contribution in [1.29, 1.82) is 0 Å². The van der Waals surface area contributed by atoms with Gasteiger partial charge in [-0.3, -0.25) is 0 Å². The van der Waals surface area contributed by atoms with E-state index in [4.69, 9.17) is 4.74 Å². The van der Waals surface area contributed by atoms with E-state index < -0.39 is 0 Å². The predicted octanol–water partition coefficient (Wildman–Crippen LogP) is 2.47. The minimum atomic E-state index is -0.259. The Labute approximate surface area is 111 Å². The lowest BCUT2D eigenvalue weighted by Crippen LogP contribution is -2.33. The molecule has 0 amide bonds. The van der Waals surface area contributed by atoms with Gasteiger partial charge in [0.2, 0.25) is 0 Å². The van der Waals surface area contributed by atoms with Gasteiger partial charge in [-0.15, -0.1) is 0 Å². The van der Waals surface area contributed by atoms with Crippen molar-refractivity contribution in [3.05, 3.63) is 0 Å². The van der Waals surface area contributed by atoms with Crippen LogP contribution in [0.25, 0.3) is 0 Å². The molecule has 2 unspecified atom stereocenters. The molecule has 0 aromatic rings. The maximum atomic E-state index is 10.0. The predicted molar refractivity (Wildman–Crippen MR) is 73.6 cm³/mol. The van der Waals surface area contributed by atoms with E-state index in [0.717, 1.165) is 19.4 Å². The molecule has 3 heteroatoms. The standard InChI is InChI=1S/C15H29NO2/c1-12(2)10-16-11-13(17)9-14-5-8-15(18-14)6-3-4-7-15/h12-14,16-17H,3-11H2,1-2H3. The van der Waals surface area contributed by atoms with E-state index in [1.807, 2.05) is 0 Å². The molecule has 0 aromatic carbocycles. The first kappa shape index (κ1) is 14.3. The molecular weight excluding hydrogens is 226 g/mol. The molecule has 0 aromatic heterocycles. The smallest absolute Gasteiger partial charge is 0.0689 e. The summed E-state index contributed by atoms with van der Waals surface area (Å²) in [6, 6.07) is 0. The van der Waals surface area contributed by atoms with Crippen molar-refractivity contribution >= 4 is 0 Å². The first-order chi connectivity index (χ1) is 8.60. The number of aliphatic hydroxyl groups excluding tert-OH is 1. The normalized spacial score (nSPS) is 28.3. The van der Waals surface area contributed by atoms with E-state index in [1.165, 1.54) is 32.1 Å². The van der Waals surface area contributed by atoms with Gasteiger partial charge in [-0.2, -0.15) is 0 Å². The Morgan fingerprint density at radius 1 is 1.22 bits per heavy atom. The SMILES string of the molecule is CC(C)CNCC(O)CC1CCC2(CCCC2)O1. The molecule has 1 saturated heterocycles. The third kappa shape index (κ3) is 3.94. The summed E-state index contributed by atoms with van der Waals surface area (Å²) >= 11 is 0. The Kier molecular flexibility index (Phi) is 5.05. The molecule has 1 aliphatic carbocycles. The second-order valence-corrected chi connectivity index (χ2v) is 6.61. The zero-order chi connectivity index (χ0) is 13.0. The molecule has 1 heterocycles. The highest BCUT2D eigenvalue weighted by Crippen LogP contribution is 2.44. The highest BCUT2D eigenvalue weighted by Gasteiger charge is 2.42. The largest absolute Gasteiger partial charge is 0.392 e. The van der Waals surface area contributed by atoms with Crippen LogP contribution in [0.4, 0.5) is 0 Å². The lowest BCUT2D eigenvalue weighted by Gasteiger charge is -2.24. The Balaban J connectivity index is 1.64. The lowest BCUT2D eigenvalue weighted by atomic mass is 9.98. The summed E-state index contributed by atoms with van der Waals surface area (Å²) < 4.78 is 6.22. The van der Waals surface area contributed by atoms with Crippen LogP contribution in [0.2, 0.25) is 0 Å². The maximum absolute atomic E-state index is 10.0. The summed E-state index contributed by atoms with van der Waals surface area (Å²) in [4.78, 5) is 0. The van der Waals surface area contributed by atoms with Gasteiger partial charge < -0.3 is 15.2 Å². The van der Waals surface area contributed by atoms with E-state index in [0.29, 0.717) is 18.6 Å². The minimum Gasteiger partial charge on any atom is -0.392 e. The first-order valence-electron chi connectivity index (χ1n) is 7.66. The Morgan fingerprint density at radius 2 is 1.94 bits per heavy atom. The summed E-state index contributed by atoms with van der Waals surface area (Å²) in [6.07, 6.45) is 8.31. The van der Waals surface area contributed by atoms with Crippen molar-refractivity contribution in [3.63, 3.8) is 0 Å². The van der Waals surface area contributed by atoms with Gasteiger partial charge in [0.15, 0.2) is 0 Å². The number of rotatable bonds is 6. The van der Waals surface area contributed by atoms with Crippen LogP contribution in [-0.4, -0.2) is 36.0 Å². The van der Waals surface area contributed by atoms with E-state index >= 15 is 0 Å². The highest BCUT2D eigenvalue weighted by atomic mass is 16.5. The van der Waals surface area contributed by atoms with Gasteiger partial charge in [0.25, 0.3) is 0 Å². The molecule has 0 radical (unpaired) electrons. The van der Waals surface area contributed by atoms with Gasteiger partial charge in [0.05, 0.1) is 17.8 Å². The molecule has 2 atom stereocenters. The minimum absolute atomic E-state index is 0.204. The zero-order valence-corrected chi connectivity index (χ0v) is 12.0. The Bertz CT molecular complexity index is 249. The average Bonchev–Trinajstić information content (AvgIpc) is 2.90. The lowest BCUT2D eigenvalue weighted by molar-refractivity contribution is -0.0518. The van der Waals surface area contributed by atoms with Crippen LogP contribution in [0.3, 0.4) is 0 Å². The fourth-order valence-corrected chi connectivity index (χ4v) is 3.37. The van der Waals surface area contributed by atoms with Crippen molar-refractivity contribution in [2.45, 2.75) is 76.6 Å². The number of nitrogens with one attached hydrogen (secondary N) is 1. The molecule has 2 rings (SSSR count). The molecule has 1 saturated carbocycles. The number of hydrogen-bond donors (Lipinski definition) is 2. The monoisotopic (exact) mass is 255 g/mol. The Morgan fingerprint density at radius 3 is 2.61 bits per heavy atom. The number of hydrogen-bond acceptors (Lipinski definition) is 3. The highest BCUT2D eigenvalue weighted by molar-refractivity contribution is 4.93. The molecule has 2 N–H and O–H groups in total. The molecule has 2 fully saturated rings. The molecule has 3 nitrogen and oxygen atoms in total. The molecule has 1 spiro atoms. The zero-order valence-electron chi connectivity index (χ0n) is 12.0.